The molecular weight excluding hydrogens is 236 g/mol. The molecule has 0 atom stereocenters. The van der Waals surface area contributed by atoms with Crippen molar-refractivity contribution >= 4 is 26.5 Å². The lowest BCUT2D eigenvalue weighted by Gasteiger charge is -2.12. The normalized spacial score (nSPS) is 11.9. The maximum atomic E-state index is 11.8. The minimum atomic E-state index is -3.31. The van der Waals surface area contributed by atoms with Crippen molar-refractivity contribution in [2.45, 2.75) is 19.1 Å². The van der Waals surface area contributed by atoms with Crippen molar-refractivity contribution in [2.24, 2.45) is 0 Å². The predicted octanol–water partition coefficient (Wildman–Crippen LogP) is 2.38. The Bertz CT molecular complexity index is 631. The van der Waals surface area contributed by atoms with Gasteiger partial charge < -0.3 is 0 Å². The van der Waals surface area contributed by atoms with Gasteiger partial charge in [-0.15, -0.1) is 0 Å². The lowest BCUT2D eigenvalue weighted by Crippen LogP contribution is -2.22. The van der Waals surface area contributed by atoms with E-state index in [1.807, 2.05) is 12.1 Å². The van der Waals surface area contributed by atoms with E-state index in [0.717, 1.165) is 10.8 Å². The molecule has 0 bridgehead atoms. The molecule has 0 spiro atoms. The van der Waals surface area contributed by atoms with Crippen molar-refractivity contribution in [3.05, 3.63) is 36.7 Å². The molecule has 0 saturated heterocycles. The summed E-state index contributed by atoms with van der Waals surface area (Å²) in [6.45, 7) is 3.30. The van der Waals surface area contributed by atoms with Crippen molar-refractivity contribution in [3.63, 3.8) is 0 Å². The van der Waals surface area contributed by atoms with Crippen LogP contribution in [0.1, 0.15) is 13.8 Å². The fourth-order valence-electron chi connectivity index (χ4n) is 1.48. The van der Waals surface area contributed by atoms with Gasteiger partial charge in [0.1, 0.15) is 0 Å². The fourth-order valence-corrected chi connectivity index (χ4v) is 2.20. The minimum Gasteiger partial charge on any atom is -0.283 e. The molecule has 90 valence electrons. The zero-order valence-electron chi connectivity index (χ0n) is 9.71. The first-order chi connectivity index (χ1) is 8.00. The summed E-state index contributed by atoms with van der Waals surface area (Å²) < 4.78 is 26.2. The third-order valence-corrected chi connectivity index (χ3v) is 4.30. The predicted molar refractivity (Wildman–Crippen MR) is 69.4 cm³/mol. The van der Waals surface area contributed by atoms with Gasteiger partial charge in [-0.25, -0.2) is 8.42 Å². The van der Waals surface area contributed by atoms with E-state index in [1.54, 1.807) is 38.4 Å². The molecule has 0 fully saturated rings. The molecule has 0 aliphatic rings. The first-order valence-corrected chi connectivity index (χ1v) is 6.90. The van der Waals surface area contributed by atoms with Crippen LogP contribution in [0.25, 0.3) is 10.8 Å². The second-order valence-corrected chi connectivity index (χ2v) is 6.34. The first-order valence-electron chi connectivity index (χ1n) is 5.35. The van der Waals surface area contributed by atoms with E-state index in [2.05, 4.69) is 9.71 Å². The molecule has 2 aromatic rings. The summed E-state index contributed by atoms with van der Waals surface area (Å²) in [7, 11) is -3.31. The van der Waals surface area contributed by atoms with Gasteiger partial charge in [0.25, 0.3) is 0 Å². The van der Waals surface area contributed by atoms with Crippen LogP contribution in [0.3, 0.4) is 0 Å². The average molecular weight is 250 g/mol. The van der Waals surface area contributed by atoms with Crippen LogP contribution in [0.4, 0.5) is 5.69 Å². The van der Waals surface area contributed by atoms with E-state index in [1.165, 1.54) is 0 Å². The first kappa shape index (κ1) is 11.9. The number of pyridine rings is 1. The van der Waals surface area contributed by atoms with Crippen LogP contribution in [0, 0.1) is 0 Å². The standard InChI is InChI=1S/C12H14N2O2S/c1-9(2)17(15,16)14-12-5-3-4-10-8-13-7-6-11(10)12/h3-9,14H,1-2H3. The van der Waals surface area contributed by atoms with E-state index in [-0.39, 0.29) is 0 Å². The zero-order valence-corrected chi connectivity index (χ0v) is 10.5. The van der Waals surface area contributed by atoms with Crippen molar-refractivity contribution in [1.29, 1.82) is 0 Å². The highest BCUT2D eigenvalue weighted by atomic mass is 32.2. The third kappa shape index (κ3) is 2.39. The van der Waals surface area contributed by atoms with Gasteiger partial charge in [-0.2, -0.15) is 0 Å². The van der Waals surface area contributed by atoms with E-state index in [0.29, 0.717) is 5.69 Å². The van der Waals surface area contributed by atoms with Crippen LogP contribution in [0.15, 0.2) is 36.7 Å². The number of aromatic nitrogens is 1. The number of fused-ring (bicyclic) bond motifs is 1. The Morgan fingerprint density at radius 3 is 2.71 bits per heavy atom. The second-order valence-electron chi connectivity index (χ2n) is 4.10. The van der Waals surface area contributed by atoms with Crippen molar-refractivity contribution in [2.75, 3.05) is 4.72 Å². The van der Waals surface area contributed by atoms with Crippen LogP contribution in [-0.4, -0.2) is 18.7 Å². The van der Waals surface area contributed by atoms with Gasteiger partial charge in [-0.1, -0.05) is 12.1 Å². The number of sulfonamides is 1. The molecule has 17 heavy (non-hydrogen) atoms. The Morgan fingerprint density at radius 1 is 1.24 bits per heavy atom. The monoisotopic (exact) mass is 250 g/mol. The summed E-state index contributed by atoms with van der Waals surface area (Å²) in [4.78, 5) is 4.01. The highest BCUT2D eigenvalue weighted by Gasteiger charge is 2.16. The molecule has 0 radical (unpaired) electrons. The van der Waals surface area contributed by atoms with E-state index in [4.69, 9.17) is 0 Å². The summed E-state index contributed by atoms with van der Waals surface area (Å²) in [6.07, 6.45) is 3.36. The molecule has 4 nitrogen and oxygen atoms in total. The SMILES string of the molecule is CC(C)S(=O)(=O)Nc1cccc2cnccc12. The Morgan fingerprint density at radius 2 is 2.00 bits per heavy atom. The lowest BCUT2D eigenvalue weighted by atomic mass is 10.1. The van der Waals surface area contributed by atoms with Gasteiger partial charge in [0.2, 0.25) is 10.0 Å². The number of anilines is 1. The molecule has 0 saturated carbocycles. The molecule has 0 amide bonds. The van der Waals surface area contributed by atoms with Crippen molar-refractivity contribution in [3.8, 4) is 0 Å². The highest BCUT2D eigenvalue weighted by molar-refractivity contribution is 7.93. The topological polar surface area (TPSA) is 59.1 Å². The Labute approximate surface area is 101 Å². The highest BCUT2D eigenvalue weighted by Crippen LogP contribution is 2.23. The molecule has 2 rings (SSSR count). The number of nitrogens with one attached hydrogen (secondary N) is 1. The molecule has 0 aliphatic carbocycles. The van der Waals surface area contributed by atoms with Crippen LogP contribution in [0.5, 0.6) is 0 Å². The summed E-state index contributed by atoms with van der Waals surface area (Å²) in [6, 6.07) is 7.26. The molecule has 1 aromatic carbocycles. The van der Waals surface area contributed by atoms with Gasteiger partial charge >= 0.3 is 0 Å². The smallest absolute Gasteiger partial charge is 0.235 e. The lowest BCUT2D eigenvalue weighted by molar-refractivity contribution is 0.593. The van der Waals surface area contributed by atoms with Crippen molar-refractivity contribution < 1.29 is 8.42 Å². The summed E-state index contributed by atoms with van der Waals surface area (Å²) in [5.41, 5.74) is 0.596. The van der Waals surface area contributed by atoms with Crippen LogP contribution in [0.2, 0.25) is 0 Å². The number of rotatable bonds is 3. The number of hydrogen-bond donors (Lipinski definition) is 1. The van der Waals surface area contributed by atoms with E-state index in [9.17, 15) is 8.42 Å². The number of hydrogen-bond acceptors (Lipinski definition) is 3. The molecule has 1 N–H and O–H groups in total. The second kappa shape index (κ2) is 4.33. The largest absolute Gasteiger partial charge is 0.283 e. The van der Waals surface area contributed by atoms with Gasteiger partial charge in [0, 0.05) is 23.2 Å². The maximum Gasteiger partial charge on any atom is 0.235 e. The van der Waals surface area contributed by atoms with E-state index < -0.39 is 15.3 Å². The average Bonchev–Trinajstić information content (AvgIpc) is 2.29. The Balaban J connectivity index is 2.50. The Hall–Kier alpha value is -1.62. The molecule has 0 aliphatic heterocycles. The molecule has 1 aromatic heterocycles. The molecule has 1 heterocycles. The Kier molecular flexibility index (Phi) is 3.02. The van der Waals surface area contributed by atoms with Crippen molar-refractivity contribution in [1.82, 2.24) is 4.98 Å². The van der Waals surface area contributed by atoms with Crippen LogP contribution in [-0.2, 0) is 10.0 Å². The summed E-state index contributed by atoms with van der Waals surface area (Å²) in [5, 5.41) is 1.31. The van der Waals surface area contributed by atoms with Crippen LogP contribution >= 0.6 is 0 Å². The zero-order chi connectivity index (χ0) is 12.5. The van der Waals surface area contributed by atoms with Gasteiger partial charge in [0.15, 0.2) is 0 Å². The number of nitrogens with zero attached hydrogens (tertiary/aromatic N) is 1. The van der Waals surface area contributed by atoms with Gasteiger partial charge in [0.05, 0.1) is 10.9 Å². The summed E-state index contributed by atoms with van der Waals surface area (Å²) >= 11 is 0. The van der Waals surface area contributed by atoms with Gasteiger partial charge in [-0.05, 0) is 26.0 Å². The molecule has 0 unspecified atom stereocenters. The van der Waals surface area contributed by atoms with Crippen LogP contribution < -0.4 is 4.72 Å². The minimum absolute atomic E-state index is 0.459. The molecule has 5 heteroatoms. The third-order valence-electron chi connectivity index (χ3n) is 2.55. The fraction of sp³-hybridized carbons (Fsp3) is 0.250. The summed E-state index contributed by atoms with van der Waals surface area (Å²) in [5.74, 6) is 0. The van der Waals surface area contributed by atoms with E-state index >= 15 is 0 Å². The maximum absolute atomic E-state index is 11.8. The van der Waals surface area contributed by atoms with Gasteiger partial charge in [-0.3, -0.25) is 9.71 Å². The number of benzene rings is 1. The quantitative estimate of drug-likeness (QED) is 0.909. The molecular formula is C12H14N2O2S.